The number of rotatable bonds is 5. The van der Waals surface area contributed by atoms with Crippen molar-refractivity contribution in [2.24, 2.45) is 0 Å². The number of nitrogens with one attached hydrogen (secondary N) is 3. The van der Waals surface area contributed by atoms with Crippen molar-refractivity contribution >= 4 is 35.1 Å². The summed E-state index contributed by atoms with van der Waals surface area (Å²) in [6.45, 7) is 0.438. The van der Waals surface area contributed by atoms with Crippen LogP contribution >= 0.6 is 0 Å². The van der Waals surface area contributed by atoms with Crippen LogP contribution < -0.4 is 16.0 Å². The normalized spacial score (nSPS) is 18.5. The second-order valence-electron chi connectivity index (χ2n) is 6.86. The third-order valence-electron chi connectivity index (χ3n) is 5.02. The molecule has 0 aliphatic carbocycles. The van der Waals surface area contributed by atoms with Crippen LogP contribution in [0.3, 0.4) is 0 Å². The van der Waals surface area contributed by atoms with Gasteiger partial charge in [-0.05, 0) is 36.2 Å². The highest BCUT2D eigenvalue weighted by molar-refractivity contribution is 6.23. The Morgan fingerprint density at radius 1 is 1.10 bits per heavy atom. The molecule has 0 spiro atoms. The Morgan fingerprint density at radius 3 is 2.59 bits per heavy atom. The number of piperidine rings is 1. The lowest BCUT2D eigenvalue weighted by Gasteiger charge is -2.27. The van der Waals surface area contributed by atoms with Gasteiger partial charge in [-0.2, -0.15) is 0 Å². The largest absolute Gasteiger partial charge is 0.380 e. The average Bonchev–Trinajstić information content (AvgIpc) is 2.97. The first-order valence-corrected chi connectivity index (χ1v) is 9.20. The molecule has 1 aromatic carbocycles. The predicted octanol–water partition coefficient (Wildman–Crippen LogP) is 1.14. The Bertz CT molecular complexity index is 1020. The number of nitrogens with zero attached hydrogens (tertiary/aromatic N) is 2. The molecule has 1 unspecified atom stereocenters. The van der Waals surface area contributed by atoms with Crippen LogP contribution in [0.5, 0.6) is 0 Å². The first kappa shape index (κ1) is 18.6. The van der Waals surface area contributed by atoms with E-state index in [1.165, 1.54) is 0 Å². The minimum Gasteiger partial charge on any atom is -0.380 e. The molecule has 4 amide bonds. The fraction of sp³-hybridized carbons (Fsp3) is 0.250. The molecule has 2 aromatic rings. The summed E-state index contributed by atoms with van der Waals surface area (Å²) >= 11 is 0. The molecule has 2 aliphatic rings. The molecule has 0 radical (unpaired) electrons. The van der Waals surface area contributed by atoms with Gasteiger partial charge in [0.1, 0.15) is 11.9 Å². The average molecular weight is 393 g/mol. The van der Waals surface area contributed by atoms with Crippen molar-refractivity contribution in [1.82, 2.24) is 15.2 Å². The fourth-order valence-corrected chi connectivity index (χ4v) is 3.48. The molecular weight excluding hydrogens is 374 g/mol. The van der Waals surface area contributed by atoms with Gasteiger partial charge in [0.2, 0.25) is 11.8 Å². The minimum absolute atomic E-state index is 0.0966. The molecule has 9 nitrogen and oxygen atoms in total. The van der Waals surface area contributed by atoms with E-state index in [9.17, 15) is 19.2 Å². The van der Waals surface area contributed by atoms with Gasteiger partial charge in [0.15, 0.2) is 0 Å². The van der Waals surface area contributed by atoms with E-state index in [1.807, 2.05) is 12.1 Å². The number of aromatic nitrogens is 1. The number of hydrogen-bond donors (Lipinski definition) is 3. The molecule has 29 heavy (non-hydrogen) atoms. The number of hydrogen-bond acceptors (Lipinski definition) is 7. The van der Waals surface area contributed by atoms with Gasteiger partial charge in [-0.15, -0.1) is 0 Å². The summed E-state index contributed by atoms with van der Waals surface area (Å²) in [5.41, 5.74) is 2.16. The topological polar surface area (TPSA) is 120 Å². The van der Waals surface area contributed by atoms with Crippen LogP contribution in [0.25, 0.3) is 0 Å². The molecule has 3 heterocycles. The van der Waals surface area contributed by atoms with Crippen LogP contribution in [0, 0.1) is 0 Å². The van der Waals surface area contributed by atoms with E-state index < -0.39 is 29.7 Å². The highest BCUT2D eigenvalue weighted by Gasteiger charge is 2.44. The monoisotopic (exact) mass is 393 g/mol. The van der Waals surface area contributed by atoms with Crippen LogP contribution in [0.4, 0.5) is 11.5 Å². The standard InChI is InChI=1S/C20H19N5O4/c1-21-16-6-3-12(10-23-16)22-9-11-2-4-13-14(8-11)20(29)25(19(13)28)15-5-7-17(26)24-18(15)27/h2-4,6,8,10,15,22H,5,7,9H2,1H3,(H,21,23)(H,24,26,27). The summed E-state index contributed by atoms with van der Waals surface area (Å²) in [7, 11) is 1.79. The van der Waals surface area contributed by atoms with Gasteiger partial charge in [0, 0.05) is 20.0 Å². The quantitative estimate of drug-likeness (QED) is 0.652. The van der Waals surface area contributed by atoms with Gasteiger partial charge in [-0.3, -0.25) is 29.4 Å². The lowest BCUT2D eigenvalue weighted by molar-refractivity contribution is -0.136. The van der Waals surface area contributed by atoms with Gasteiger partial charge in [-0.25, -0.2) is 4.98 Å². The zero-order valence-corrected chi connectivity index (χ0v) is 15.7. The molecule has 0 saturated carbocycles. The number of fused-ring (bicyclic) bond motifs is 1. The number of benzene rings is 1. The fourth-order valence-electron chi connectivity index (χ4n) is 3.48. The van der Waals surface area contributed by atoms with E-state index in [0.717, 1.165) is 22.0 Å². The van der Waals surface area contributed by atoms with Crippen LogP contribution in [-0.4, -0.2) is 46.6 Å². The van der Waals surface area contributed by atoms with Crippen molar-refractivity contribution < 1.29 is 19.2 Å². The Labute approximate surface area is 166 Å². The highest BCUT2D eigenvalue weighted by atomic mass is 16.2. The Hall–Kier alpha value is -3.75. The molecule has 1 saturated heterocycles. The van der Waals surface area contributed by atoms with Crippen LogP contribution in [-0.2, 0) is 16.1 Å². The van der Waals surface area contributed by atoms with Crippen molar-refractivity contribution in [2.75, 3.05) is 17.7 Å². The number of carbonyl (C=O) groups excluding carboxylic acids is 4. The van der Waals surface area contributed by atoms with Crippen LogP contribution in [0.2, 0.25) is 0 Å². The zero-order valence-electron chi connectivity index (χ0n) is 15.7. The van der Waals surface area contributed by atoms with Gasteiger partial charge >= 0.3 is 0 Å². The molecule has 148 valence electrons. The third-order valence-corrected chi connectivity index (χ3v) is 5.02. The van der Waals surface area contributed by atoms with Crippen molar-refractivity contribution in [2.45, 2.75) is 25.4 Å². The van der Waals surface area contributed by atoms with Crippen LogP contribution in [0.1, 0.15) is 39.1 Å². The first-order chi connectivity index (χ1) is 14.0. The molecule has 1 fully saturated rings. The summed E-state index contributed by atoms with van der Waals surface area (Å²) in [6.07, 6.45) is 1.93. The van der Waals surface area contributed by atoms with E-state index in [-0.39, 0.29) is 24.0 Å². The summed E-state index contributed by atoms with van der Waals surface area (Å²) in [4.78, 5) is 54.2. The first-order valence-electron chi connectivity index (χ1n) is 9.20. The Morgan fingerprint density at radius 2 is 1.90 bits per heavy atom. The van der Waals surface area contributed by atoms with Gasteiger partial charge in [-0.1, -0.05) is 6.07 Å². The zero-order chi connectivity index (χ0) is 20.5. The minimum atomic E-state index is -0.960. The smallest absolute Gasteiger partial charge is 0.262 e. The van der Waals surface area contributed by atoms with Crippen molar-refractivity contribution in [3.05, 3.63) is 53.2 Å². The summed E-state index contributed by atoms with van der Waals surface area (Å²) in [5.74, 6) is -1.28. The molecule has 3 N–H and O–H groups in total. The lowest BCUT2D eigenvalue weighted by atomic mass is 10.0. The predicted molar refractivity (Wildman–Crippen MR) is 104 cm³/mol. The van der Waals surface area contributed by atoms with Gasteiger partial charge < -0.3 is 10.6 Å². The maximum absolute atomic E-state index is 12.8. The molecule has 1 atom stereocenters. The second kappa shape index (κ2) is 7.34. The highest BCUT2D eigenvalue weighted by Crippen LogP contribution is 2.28. The molecule has 0 bridgehead atoms. The number of carbonyl (C=O) groups is 4. The van der Waals surface area contributed by atoms with E-state index >= 15 is 0 Å². The SMILES string of the molecule is CNc1ccc(NCc2ccc3c(c2)C(=O)N(C2CCC(=O)NC2=O)C3=O)cn1. The summed E-state index contributed by atoms with van der Waals surface area (Å²) in [5, 5.41) is 8.34. The maximum atomic E-state index is 12.8. The molecule has 4 rings (SSSR count). The summed E-state index contributed by atoms with van der Waals surface area (Å²) < 4.78 is 0. The number of amides is 4. The molecule has 9 heteroatoms. The van der Waals surface area contributed by atoms with E-state index in [4.69, 9.17) is 0 Å². The summed E-state index contributed by atoms with van der Waals surface area (Å²) in [6, 6.07) is 7.78. The molecule has 1 aromatic heterocycles. The lowest BCUT2D eigenvalue weighted by Crippen LogP contribution is -2.54. The second-order valence-corrected chi connectivity index (χ2v) is 6.86. The third kappa shape index (κ3) is 3.42. The van der Waals surface area contributed by atoms with E-state index in [2.05, 4.69) is 20.9 Å². The maximum Gasteiger partial charge on any atom is 0.262 e. The van der Waals surface area contributed by atoms with Gasteiger partial charge in [0.05, 0.1) is 23.0 Å². The number of pyridine rings is 1. The molecular formula is C20H19N5O4. The van der Waals surface area contributed by atoms with Crippen molar-refractivity contribution in [3.63, 3.8) is 0 Å². The Balaban J connectivity index is 1.50. The number of anilines is 2. The van der Waals surface area contributed by atoms with Crippen molar-refractivity contribution in [1.29, 1.82) is 0 Å². The van der Waals surface area contributed by atoms with Gasteiger partial charge in [0.25, 0.3) is 11.8 Å². The molecule has 2 aliphatic heterocycles. The Kier molecular flexibility index (Phi) is 4.71. The van der Waals surface area contributed by atoms with Crippen molar-refractivity contribution in [3.8, 4) is 0 Å². The van der Waals surface area contributed by atoms with E-state index in [0.29, 0.717) is 6.54 Å². The van der Waals surface area contributed by atoms with Crippen LogP contribution in [0.15, 0.2) is 36.5 Å². The van der Waals surface area contributed by atoms with E-state index in [1.54, 1.807) is 31.4 Å². The number of imide groups is 2.